The van der Waals surface area contributed by atoms with Crippen LogP contribution in [0.4, 0.5) is 0 Å². The van der Waals surface area contributed by atoms with E-state index in [1.54, 1.807) is 0 Å². The Bertz CT molecular complexity index is 415. The molecule has 1 heterocycles. The summed E-state index contributed by atoms with van der Waals surface area (Å²) in [6.07, 6.45) is 7.94. The summed E-state index contributed by atoms with van der Waals surface area (Å²) in [6, 6.07) is 8.79. The van der Waals surface area contributed by atoms with Crippen molar-refractivity contribution in [3.63, 3.8) is 0 Å². The number of allylic oxidation sites excluding steroid dienone is 3. The highest BCUT2D eigenvalue weighted by Gasteiger charge is 2.23. The lowest BCUT2D eigenvalue weighted by Crippen LogP contribution is -2.13. The molecule has 0 fully saturated rings. The van der Waals surface area contributed by atoms with Crippen LogP contribution in [-0.4, -0.2) is 5.25 Å². The molecule has 1 atom stereocenters. The van der Waals surface area contributed by atoms with Crippen LogP contribution in [0.3, 0.4) is 0 Å². The van der Waals surface area contributed by atoms with E-state index in [1.807, 2.05) is 0 Å². The number of hydrogen-bond donors (Lipinski definition) is 0. The Hall–Kier alpha value is -0.950. The van der Waals surface area contributed by atoms with Gasteiger partial charge in [0.1, 0.15) is 0 Å². The van der Waals surface area contributed by atoms with Crippen molar-refractivity contribution >= 4 is 17.3 Å². The number of thioether (sulfide) groups is 1. The molecule has 0 saturated heterocycles. The third-order valence-electron chi connectivity index (χ3n) is 2.88. The summed E-state index contributed by atoms with van der Waals surface area (Å²) < 4.78 is 0. The van der Waals surface area contributed by atoms with Crippen molar-refractivity contribution in [3.05, 3.63) is 53.6 Å². The van der Waals surface area contributed by atoms with Gasteiger partial charge in [-0.25, -0.2) is 0 Å². The average Bonchev–Trinajstić information content (AvgIpc) is 2.29. The Morgan fingerprint density at radius 1 is 1.21 bits per heavy atom. The molecule has 1 heteroatoms. The average molecular weight is 200 g/mol. The molecule has 70 valence electrons. The monoisotopic (exact) mass is 200 g/mol. The molecule has 0 spiro atoms. The number of benzene rings is 1. The standard InChI is InChI=1S/C13H12S/c1-2-6-11-10(5-1)9-14-13-8-4-3-7-12(11)13/h1-7,13H,8-9H2. The minimum absolute atomic E-state index is 0.704. The summed E-state index contributed by atoms with van der Waals surface area (Å²) >= 11 is 2.07. The van der Waals surface area contributed by atoms with Crippen molar-refractivity contribution in [1.82, 2.24) is 0 Å². The van der Waals surface area contributed by atoms with Crippen LogP contribution in [0, 0.1) is 0 Å². The Morgan fingerprint density at radius 2 is 2.14 bits per heavy atom. The highest BCUT2D eigenvalue weighted by atomic mass is 32.2. The second-order valence-corrected chi connectivity index (χ2v) is 4.93. The Balaban J connectivity index is 2.15. The molecule has 0 bridgehead atoms. The van der Waals surface area contributed by atoms with E-state index in [0.29, 0.717) is 5.25 Å². The van der Waals surface area contributed by atoms with E-state index >= 15 is 0 Å². The van der Waals surface area contributed by atoms with Crippen LogP contribution in [0.25, 0.3) is 5.57 Å². The summed E-state index contributed by atoms with van der Waals surface area (Å²) in [5, 5.41) is 0.704. The molecular formula is C13H12S. The molecule has 1 aromatic carbocycles. The van der Waals surface area contributed by atoms with Gasteiger partial charge in [-0.3, -0.25) is 0 Å². The molecule has 0 amide bonds. The van der Waals surface area contributed by atoms with Crippen molar-refractivity contribution in [2.45, 2.75) is 17.4 Å². The first-order chi connectivity index (χ1) is 6.95. The van der Waals surface area contributed by atoms with Crippen molar-refractivity contribution in [2.75, 3.05) is 0 Å². The van der Waals surface area contributed by atoms with Gasteiger partial charge in [-0.1, -0.05) is 42.5 Å². The first kappa shape index (κ1) is 8.37. The Kier molecular flexibility index (Phi) is 1.98. The third-order valence-corrected chi connectivity index (χ3v) is 4.20. The predicted octanol–water partition coefficient (Wildman–Crippen LogP) is 3.65. The quantitative estimate of drug-likeness (QED) is 0.616. The zero-order chi connectivity index (χ0) is 9.38. The molecule has 0 saturated carbocycles. The lowest BCUT2D eigenvalue weighted by molar-refractivity contribution is 1.05. The Labute approximate surface area is 88.7 Å². The molecule has 0 radical (unpaired) electrons. The molecule has 2 aliphatic rings. The van der Waals surface area contributed by atoms with E-state index in [1.165, 1.54) is 28.9 Å². The first-order valence-electron chi connectivity index (χ1n) is 5.02. The lowest BCUT2D eigenvalue weighted by Gasteiger charge is -2.28. The van der Waals surface area contributed by atoms with Crippen molar-refractivity contribution in [3.8, 4) is 0 Å². The van der Waals surface area contributed by atoms with E-state index in [-0.39, 0.29) is 0 Å². The van der Waals surface area contributed by atoms with Gasteiger partial charge in [-0.15, -0.1) is 11.8 Å². The fourth-order valence-corrected chi connectivity index (χ4v) is 3.41. The van der Waals surface area contributed by atoms with E-state index in [4.69, 9.17) is 0 Å². The van der Waals surface area contributed by atoms with Crippen LogP contribution >= 0.6 is 11.8 Å². The zero-order valence-electron chi connectivity index (χ0n) is 7.94. The summed E-state index contributed by atoms with van der Waals surface area (Å²) in [7, 11) is 0. The summed E-state index contributed by atoms with van der Waals surface area (Å²) in [5.74, 6) is 1.17. The highest BCUT2D eigenvalue weighted by Crippen LogP contribution is 2.41. The van der Waals surface area contributed by atoms with E-state index in [2.05, 4.69) is 54.3 Å². The molecule has 0 N–H and O–H groups in total. The molecule has 0 nitrogen and oxygen atoms in total. The number of hydrogen-bond acceptors (Lipinski definition) is 1. The summed E-state index contributed by atoms with van der Waals surface area (Å²) in [4.78, 5) is 0. The SMILES string of the molecule is C1=CCC2SCc3ccccc3C2=C1. The van der Waals surface area contributed by atoms with Crippen LogP contribution in [0.15, 0.2) is 42.5 Å². The first-order valence-corrected chi connectivity index (χ1v) is 6.06. The van der Waals surface area contributed by atoms with Gasteiger partial charge in [-0.2, -0.15) is 0 Å². The van der Waals surface area contributed by atoms with Gasteiger partial charge in [0.2, 0.25) is 0 Å². The molecule has 1 aromatic rings. The predicted molar refractivity (Wildman–Crippen MR) is 63.3 cm³/mol. The van der Waals surface area contributed by atoms with Gasteiger partial charge in [0.25, 0.3) is 0 Å². The topological polar surface area (TPSA) is 0 Å². The highest BCUT2D eigenvalue weighted by molar-refractivity contribution is 7.99. The van der Waals surface area contributed by atoms with Gasteiger partial charge >= 0.3 is 0 Å². The fourth-order valence-electron chi connectivity index (χ4n) is 2.15. The molecule has 3 rings (SSSR count). The second-order valence-electron chi connectivity index (χ2n) is 3.74. The van der Waals surface area contributed by atoms with Crippen LogP contribution in [0.5, 0.6) is 0 Å². The molecule has 1 aliphatic carbocycles. The van der Waals surface area contributed by atoms with E-state index < -0.39 is 0 Å². The van der Waals surface area contributed by atoms with Crippen molar-refractivity contribution < 1.29 is 0 Å². The maximum absolute atomic E-state index is 2.28. The van der Waals surface area contributed by atoms with Crippen molar-refractivity contribution in [2.24, 2.45) is 0 Å². The van der Waals surface area contributed by atoms with Crippen LogP contribution in [-0.2, 0) is 5.75 Å². The zero-order valence-corrected chi connectivity index (χ0v) is 8.76. The molecule has 14 heavy (non-hydrogen) atoms. The molecular weight excluding hydrogens is 188 g/mol. The second kappa shape index (κ2) is 3.32. The maximum atomic E-state index is 2.28. The number of fused-ring (bicyclic) bond motifs is 3. The van der Waals surface area contributed by atoms with Gasteiger partial charge in [0.05, 0.1) is 0 Å². The summed E-state index contributed by atoms with van der Waals surface area (Å²) in [5.41, 5.74) is 4.50. The Morgan fingerprint density at radius 3 is 3.14 bits per heavy atom. The van der Waals surface area contributed by atoms with E-state index in [9.17, 15) is 0 Å². The van der Waals surface area contributed by atoms with Crippen LogP contribution < -0.4 is 0 Å². The van der Waals surface area contributed by atoms with E-state index in [0.717, 1.165) is 0 Å². The summed E-state index contributed by atoms with van der Waals surface area (Å²) in [6.45, 7) is 0. The molecule has 1 aliphatic heterocycles. The fraction of sp³-hybridized carbons (Fsp3) is 0.231. The van der Waals surface area contributed by atoms with Gasteiger partial charge in [0, 0.05) is 11.0 Å². The minimum atomic E-state index is 0.704. The largest absolute Gasteiger partial charge is 0.149 e. The molecule has 0 aromatic heterocycles. The van der Waals surface area contributed by atoms with Crippen LogP contribution in [0.2, 0.25) is 0 Å². The number of rotatable bonds is 0. The van der Waals surface area contributed by atoms with Gasteiger partial charge < -0.3 is 0 Å². The van der Waals surface area contributed by atoms with Gasteiger partial charge in [-0.05, 0) is 23.1 Å². The maximum Gasteiger partial charge on any atom is 0.0341 e. The lowest BCUT2D eigenvalue weighted by atomic mass is 9.93. The normalized spacial score (nSPS) is 23.7. The van der Waals surface area contributed by atoms with Gasteiger partial charge in [0.15, 0.2) is 0 Å². The third kappa shape index (κ3) is 1.24. The van der Waals surface area contributed by atoms with Crippen molar-refractivity contribution in [1.29, 1.82) is 0 Å². The minimum Gasteiger partial charge on any atom is -0.149 e. The smallest absolute Gasteiger partial charge is 0.0341 e. The van der Waals surface area contributed by atoms with Crippen LogP contribution in [0.1, 0.15) is 17.5 Å². The molecule has 1 unspecified atom stereocenters.